The van der Waals surface area contributed by atoms with Gasteiger partial charge < -0.3 is 14.9 Å². The predicted molar refractivity (Wildman–Crippen MR) is 47.1 cm³/mol. The molecule has 1 atom stereocenters. The molecule has 74 valence electrons. The molecule has 0 aromatic carbocycles. The van der Waals surface area contributed by atoms with Gasteiger partial charge in [0.05, 0.1) is 0 Å². The molecule has 0 aliphatic carbocycles. The van der Waals surface area contributed by atoms with E-state index >= 15 is 0 Å². The Balaban J connectivity index is 0. The van der Waals surface area contributed by atoms with E-state index in [0.717, 1.165) is 6.16 Å². The van der Waals surface area contributed by atoms with E-state index in [2.05, 4.69) is 19.0 Å². The molecule has 0 fully saturated rings. The number of nitriles is 1. The van der Waals surface area contributed by atoms with Crippen molar-refractivity contribution in [3.05, 3.63) is 0 Å². The molecule has 0 rings (SSSR count). The number of nitrogens with zero attached hydrogens (tertiary/aromatic N) is 2. The highest BCUT2D eigenvalue weighted by atomic mass is 31.0. The zero-order valence-electron chi connectivity index (χ0n) is 6.88. The van der Waals surface area contributed by atoms with E-state index in [9.17, 15) is 4.79 Å². The third-order valence-corrected chi connectivity index (χ3v) is 1.02. The van der Waals surface area contributed by atoms with Crippen LogP contribution in [0.2, 0.25) is 0 Å². The molecule has 0 aliphatic heterocycles. The van der Waals surface area contributed by atoms with E-state index in [1.165, 1.54) is 12.3 Å². The molecular weight excluding hydrogens is 195 g/mol. The van der Waals surface area contributed by atoms with Crippen molar-refractivity contribution in [2.24, 2.45) is 4.99 Å². The summed E-state index contributed by atoms with van der Waals surface area (Å²) in [7, 11) is 2.40. The van der Waals surface area contributed by atoms with Crippen LogP contribution in [-0.2, 0) is 9.53 Å². The third kappa shape index (κ3) is 24.7. The Kier molecular flexibility index (Phi) is 15.2. The Labute approximate surface area is 78.1 Å². The van der Waals surface area contributed by atoms with Crippen LogP contribution in [0.1, 0.15) is 6.42 Å². The van der Waals surface area contributed by atoms with E-state index in [4.69, 9.17) is 15.5 Å². The van der Waals surface area contributed by atoms with Crippen LogP contribution in [0.5, 0.6) is 0 Å². The summed E-state index contributed by atoms with van der Waals surface area (Å²) in [4.78, 5) is 12.1. The molecule has 0 aromatic rings. The number of aliphatic hydroxyl groups excluding tert-OH is 1. The Morgan fingerprint density at radius 3 is 2.46 bits per heavy atom. The van der Waals surface area contributed by atoms with Crippen molar-refractivity contribution in [3.8, 4) is 6.26 Å². The van der Waals surface area contributed by atoms with Crippen LogP contribution in [0.3, 0.4) is 0 Å². The number of hydrogen-bond donors (Lipinski definition) is 2. The van der Waals surface area contributed by atoms with Crippen molar-refractivity contribution in [2.45, 2.75) is 12.7 Å². The third-order valence-electron chi connectivity index (χ3n) is 0.683. The first-order chi connectivity index (χ1) is 6.18. The van der Waals surface area contributed by atoms with Gasteiger partial charge in [-0.1, -0.05) is 0 Å². The van der Waals surface area contributed by atoms with Crippen molar-refractivity contribution in [1.29, 1.82) is 5.26 Å². The minimum atomic E-state index is -1.12. The van der Waals surface area contributed by atoms with Gasteiger partial charge >= 0.3 is 0 Å². The van der Waals surface area contributed by atoms with E-state index in [1.807, 2.05) is 0 Å². The number of hydrogen-bond acceptors (Lipinski definition) is 6. The van der Waals surface area contributed by atoms with Crippen molar-refractivity contribution in [3.63, 3.8) is 0 Å². The van der Waals surface area contributed by atoms with Gasteiger partial charge in [0.15, 0.2) is 6.29 Å². The first kappa shape index (κ1) is 14.5. The van der Waals surface area contributed by atoms with Gasteiger partial charge in [-0.25, -0.2) is 4.79 Å². The van der Waals surface area contributed by atoms with Crippen molar-refractivity contribution >= 4 is 15.3 Å². The standard InChI is InChI=1S/C3H2N2O2.C3H9O2P/c4-1-7-3-5-2-6;4-3(5)1-2-6/h3H2;3-5H,1-2,6H2. The van der Waals surface area contributed by atoms with E-state index in [-0.39, 0.29) is 6.73 Å². The summed E-state index contributed by atoms with van der Waals surface area (Å²) in [6.45, 7) is -0.222. The highest BCUT2D eigenvalue weighted by Gasteiger charge is 1.89. The zero-order chi connectivity index (χ0) is 10.5. The number of rotatable bonds is 4. The number of aliphatic imine (C=N–C) groups is 1. The molecule has 0 heterocycles. The van der Waals surface area contributed by atoms with Crippen molar-refractivity contribution in [2.75, 3.05) is 12.9 Å². The van der Waals surface area contributed by atoms with Crippen LogP contribution in [0, 0.1) is 11.5 Å². The molecule has 13 heavy (non-hydrogen) atoms. The summed E-state index contributed by atoms with van der Waals surface area (Å²) in [5, 5.41) is 23.8. The Morgan fingerprint density at radius 2 is 2.23 bits per heavy atom. The van der Waals surface area contributed by atoms with E-state index < -0.39 is 6.29 Å². The van der Waals surface area contributed by atoms with Crippen LogP contribution in [0.25, 0.3) is 0 Å². The zero-order valence-corrected chi connectivity index (χ0v) is 8.04. The monoisotopic (exact) mass is 206 g/mol. The Bertz CT molecular complexity index is 186. The maximum absolute atomic E-state index is 9.20. The van der Waals surface area contributed by atoms with Gasteiger partial charge in [-0.15, -0.1) is 9.24 Å². The number of isocyanates is 1. The average Bonchev–Trinajstić information content (AvgIpc) is 2.06. The molecule has 0 radical (unpaired) electrons. The summed E-state index contributed by atoms with van der Waals surface area (Å²) in [6.07, 6.45) is 2.61. The number of carbonyl (C=O) groups excluding carboxylic acids is 1. The molecule has 0 amide bonds. The molecule has 2 N–H and O–H groups in total. The Morgan fingerprint density at radius 1 is 1.62 bits per heavy atom. The van der Waals surface area contributed by atoms with Crippen molar-refractivity contribution in [1.82, 2.24) is 0 Å². The van der Waals surface area contributed by atoms with Gasteiger partial charge in [0.1, 0.15) is 0 Å². The molecule has 0 aromatic heterocycles. The smallest absolute Gasteiger partial charge is 0.288 e. The second-order valence-corrected chi connectivity index (χ2v) is 2.25. The molecule has 0 aliphatic rings. The summed E-state index contributed by atoms with van der Waals surface area (Å²) in [5.41, 5.74) is 0. The molecule has 0 saturated carbocycles. The van der Waals surface area contributed by atoms with Gasteiger partial charge in [-0.05, 0) is 6.16 Å². The first-order valence-corrected chi connectivity index (χ1v) is 4.11. The SMILES string of the molecule is N#COCN=C=O.OC(O)CCP. The highest BCUT2D eigenvalue weighted by molar-refractivity contribution is 7.16. The predicted octanol–water partition coefficient (Wildman–Crippen LogP) is -0.660. The maximum Gasteiger partial charge on any atom is 0.288 e. The van der Waals surface area contributed by atoms with Crippen LogP contribution in [0.4, 0.5) is 0 Å². The van der Waals surface area contributed by atoms with Crippen LogP contribution in [-0.4, -0.2) is 35.5 Å². The lowest BCUT2D eigenvalue weighted by Crippen LogP contribution is -2.03. The second kappa shape index (κ2) is 13.6. The van der Waals surface area contributed by atoms with Gasteiger partial charge in [0, 0.05) is 6.42 Å². The van der Waals surface area contributed by atoms with Gasteiger partial charge in [0.2, 0.25) is 12.8 Å². The molecule has 0 spiro atoms. The summed E-state index contributed by atoms with van der Waals surface area (Å²) >= 11 is 0. The molecule has 7 heteroatoms. The lowest BCUT2D eigenvalue weighted by molar-refractivity contribution is -0.0404. The van der Waals surface area contributed by atoms with Crippen LogP contribution >= 0.6 is 9.24 Å². The van der Waals surface area contributed by atoms with E-state index in [1.54, 1.807) is 0 Å². The topological polar surface area (TPSA) is 103 Å². The molecule has 1 unspecified atom stereocenters. The quantitative estimate of drug-likeness (QED) is 0.159. The first-order valence-electron chi connectivity index (χ1n) is 3.29. The molecular formula is C6H11N2O4P. The fourth-order valence-electron chi connectivity index (χ4n) is 0.237. The Hall–Kier alpha value is -0.980. The number of ether oxygens (including phenoxy) is 1. The fourth-order valence-corrected chi connectivity index (χ4v) is 0.535. The summed E-state index contributed by atoms with van der Waals surface area (Å²) in [6, 6.07) is 0. The van der Waals surface area contributed by atoms with Crippen LogP contribution in [0.15, 0.2) is 4.99 Å². The fraction of sp³-hybridized carbons (Fsp3) is 0.667. The van der Waals surface area contributed by atoms with Crippen LogP contribution < -0.4 is 0 Å². The highest BCUT2D eigenvalue weighted by Crippen LogP contribution is 1.89. The largest absolute Gasteiger partial charge is 0.403 e. The lowest BCUT2D eigenvalue weighted by Gasteiger charge is -1.94. The minimum absolute atomic E-state index is 0.222. The molecule has 0 saturated heterocycles. The van der Waals surface area contributed by atoms with Crippen molar-refractivity contribution < 1.29 is 19.7 Å². The van der Waals surface area contributed by atoms with E-state index in [0.29, 0.717) is 6.42 Å². The summed E-state index contributed by atoms with van der Waals surface area (Å²) < 4.78 is 3.95. The van der Waals surface area contributed by atoms with Gasteiger partial charge in [-0.2, -0.15) is 10.3 Å². The molecule has 0 bridgehead atoms. The lowest BCUT2D eigenvalue weighted by atomic mass is 10.5. The average molecular weight is 206 g/mol. The summed E-state index contributed by atoms with van der Waals surface area (Å²) in [5.74, 6) is 0. The minimum Gasteiger partial charge on any atom is -0.403 e. The van der Waals surface area contributed by atoms with Gasteiger partial charge in [0.25, 0.3) is 6.26 Å². The van der Waals surface area contributed by atoms with Gasteiger partial charge in [-0.3, -0.25) is 0 Å². The maximum atomic E-state index is 9.20. The normalized spacial score (nSPS) is 7.62. The molecule has 6 nitrogen and oxygen atoms in total. The second-order valence-electron chi connectivity index (χ2n) is 1.67. The number of aliphatic hydroxyl groups is 2.